The average molecular weight is 256 g/mol. The quantitative estimate of drug-likeness (QED) is 0.699. The number of likely N-dealkylation sites (N-methyl/N-ethyl adjacent to an activating group) is 1. The summed E-state index contributed by atoms with van der Waals surface area (Å²) in [4.78, 5) is 17.6. The Morgan fingerprint density at radius 1 is 1.61 bits per heavy atom. The topological polar surface area (TPSA) is 80.5 Å². The zero-order chi connectivity index (χ0) is 13.5. The molecule has 1 heterocycles. The first kappa shape index (κ1) is 14.6. The minimum Gasteiger partial charge on any atom is -0.383 e. The van der Waals surface area contributed by atoms with Gasteiger partial charge in [0, 0.05) is 13.7 Å². The molecule has 0 unspecified atom stereocenters. The molecule has 0 saturated carbocycles. The smallest absolute Gasteiger partial charge is 0.243 e. The van der Waals surface area contributed by atoms with Gasteiger partial charge in [0.1, 0.15) is 0 Å². The molecule has 7 nitrogen and oxygen atoms in total. The van der Waals surface area contributed by atoms with Crippen molar-refractivity contribution < 1.29 is 14.1 Å². The summed E-state index contributed by atoms with van der Waals surface area (Å²) >= 11 is 0. The maximum atomic E-state index is 11.6. The van der Waals surface area contributed by atoms with Gasteiger partial charge < -0.3 is 14.6 Å². The van der Waals surface area contributed by atoms with Crippen molar-refractivity contribution in [1.82, 2.24) is 20.4 Å². The molecule has 0 spiro atoms. The van der Waals surface area contributed by atoms with Crippen LogP contribution in [0.5, 0.6) is 0 Å². The monoisotopic (exact) mass is 256 g/mol. The van der Waals surface area contributed by atoms with E-state index in [1.807, 2.05) is 18.9 Å². The molecule has 0 aromatic carbocycles. The van der Waals surface area contributed by atoms with Crippen LogP contribution in [0.1, 0.15) is 24.7 Å². The second kappa shape index (κ2) is 7.07. The van der Waals surface area contributed by atoms with Crippen molar-refractivity contribution in [3.63, 3.8) is 0 Å². The molecule has 1 aromatic heterocycles. The number of methoxy groups -OCH3 is 1. The number of hydrogen-bond donors (Lipinski definition) is 1. The SMILES string of the molecule is COCCNC(=O)CN(C)[C@H](C)c1nc(C)no1. The van der Waals surface area contributed by atoms with E-state index in [0.29, 0.717) is 24.9 Å². The summed E-state index contributed by atoms with van der Waals surface area (Å²) in [6, 6.07) is -0.0978. The number of hydrogen-bond acceptors (Lipinski definition) is 6. The molecule has 0 aliphatic rings. The molecule has 1 aromatic rings. The van der Waals surface area contributed by atoms with Gasteiger partial charge in [0.25, 0.3) is 0 Å². The largest absolute Gasteiger partial charge is 0.383 e. The van der Waals surface area contributed by atoms with Gasteiger partial charge in [-0.3, -0.25) is 9.69 Å². The van der Waals surface area contributed by atoms with Crippen LogP contribution in [0, 0.1) is 6.92 Å². The minimum absolute atomic E-state index is 0.0577. The standard InChI is InChI=1S/C11H20N4O3/c1-8(11-13-9(2)14-18-11)15(3)7-10(16)12-5-6-17-4/h8H,5-7H2,1-4H3,(H,12,16)/t8-/m1/s1. The van der Waals surface area contributed by atoms with Gasteiger partial charge in [-0.05, 0) is 20.9 Å². The molecule has 0 saturated heterocycles. The van der Waals surface area contributed by atoms with Crippen LogP contribution >= 0.6 is 0 Å². The first-order chi connectivity index (χ1) is 8.54. The molecule has 1 atom stereocenters. The summed E-state index contributed by atoms with van der Waals surface area (Å²) in [5.74, 6) is 1.05. The maximum Gasteiger partial charge on any atom is 0.243 e. The molecule has 0 fully saturated rings. The number of rotatable bonds is 7. The molecule has 1 N–H and O–H groups in total. The lowest BCUT2D eigenvalue weighted by molar-refractivity contribution is -0.122. The highest BCUT2D eigenvalue weighted by molar-refractivity contribution is 5.77. The van der Waals surface area contributed by atoms with E-state index < -0.39 is 0 Å². The Balaban J connectivity index is 2.40. The molecular weight excluding hydrogens is 236 g/mol. The number of carbonyl (C=O) groups excluding carboxylic acids is 1. The van der Waals surface area contributed by atoms with Crippen LogP contribution in [0.3, 0.4) is 0 Å². The van der Waals surface area contributed by atoms with Crippen molar-refractivity contribution in [3.05, 3.63) is 11.7 Å². The summed E-state index contributed by atoms with van der Waals surface area (Å²) in [7, 11) is 3.43. The van der Waals surface area contributed by atoms with E-state index in [4.69, 9.17) is 9.26 Å². The molecule has 0 aliphatic heterocycles. The van der Waals surface area contributed by atoms with Crippen molar-refractivity contribution in [2.75, 3.05) is 33.9 Å². The van der Waals surface area contributed by atoms with Gasteiger partial charge in [-0.15, -0.1) is 0 Å². The molecule has 0 radical (unpaired) electrons. The van der Waals surface area contributed by atoms with E-state index in [0.717, 1.165) is 0 Å². The Morgan fingerprint density at radius 3 is 2.89 bits per heavy atom. The predicted molar refractivity (Wildman–Crippen MR) is 65.0 cm³/mol. The lowest BCUT2D eigenvalue weighted by atomic mass is 10.3. The van der Waals surface area contributed by atoms with Crippen molar-refractivity contribution in [1.29, 1.82) is 0 Å². The van der Waals surface area contributed by atoms with Crippen molar-refractivity contribution in [2.45, 2.75) is 19.9 Å². The molecule has 1 amide bonds. The van der Waals surface area contributed by atoms with Gasteiger partial charge in [-0.2, -0.15) is 4.98 Å². The van der Waals surface area contributed by atoms with E-state index in [9.17, 15) is 4.79 Å². The zero-order valence-corrected chi connectivity index (χ0v) is 11.3. The number of amides is 1. The summed E-state index contributed by atoms with van der Waals surface area (Å²) < 4.78 is 9.93. The van der Waals surface area contributed by atoms with E-state index in [1.54, 1.807) is 14.0 Å². The van der Waals surface area contributed by atoms with Crippen molar-refractivity contribution >= 4 is 5.91 Å². The van der Waals surface area contributed by atoms with Crippen LogP contribution in [0.4, 0.5) is 0 Å². The van der Waals surface area contributed by atoms with Gasteiger partial charge in [-0.25, -0.2) is 0 Å². The number of aromatic nitrogens is 2. The lowest BCUT2D eigenvalue weighted by Gasteiger charge is -2.20. The molecule has 102 valence electrons. The minimum atomic E-state index is -0.0978. The highest BCUT2D eigenvalue weighted by atomic mass is 16.5. The van der Waals surface area contributed by atoms with Crippen LogP contribution in [0.2, 0.25) is 0 Å². The van der Waals surface area contributed by atoms with Gasteiger partial charge >= 0.3 is 0 Å². The first-order valence-corrected chi connectivity index (χ1v) is 5.80. The summed E-state index contributed by atoms with van der Waals surface area (Å²) in [6.45, 7) is 4.96. The van der Waals surface area contributed by atoms with Crippen molar-refractivity contribution in [3.8, 4) is 0 Å². The molecular formula is C11H20N4O3. The number of nitrogens with one attached hydrogen (secondary N) is 1. The molecule has 0 bridgehead atoms. The third-order valence-corrected chi connectivity index (χ3v) is 2.58. The Bertz CT molecular complexity index is 380. The fraction of sp³-hybridized carbons (Fsp3) is 0.727. The van der Waals surface area contributed by atoms with Gasteiger partial charge in [0.05, 0.1) is 19.2 Å². The van der Waals surface area contributed by atoms with Crippen LogP contribution in [0.15, 0.2) is 4.52 Å². The van der Waals surface area contributed by atoms with Gasteiger partial charge in [-0.1, -0.05) is 5.16 Å². The normalized spacial score (nSPS) is 12.7. The number of carbonyl (C=O) groups is 1. The number of ether oxygens (including phenoxy) is 1. The average Bonchev–Trinajstić information content (AvgIpc) is 2.75. The van der Waals surface area contributed by atoms with E-state index >= 15 is 0 Å². The summed E-state index contributed by atoms with van der Waals surface area (Å²) in [5, 5.41) is 6.48. The van der Waals surface area contributed by atoms with Crippen LogP contribution < -0.4 is 5.32 Å². The third-order valence-electron chi connectivity index (χ3n) is 2.58. The summed E-state index contributed by atoms with van der Waals surface area (Å²) in [5.41, 5.74) is 0. The van der Waals surface area contributed by atoms with E-state index in [2.05, 4.69) is 15.5 Å². The maximum absolute atomic E-state index is 11.6. The Hall–Kier alpha value is -1.47. The fourth-order valence-electron chi connectivity index (χ4n) is 1.38. The Kier molecular flexibility index (Phi) is 5.73. The van der Waals surface area contributed by atoms with Crippen molar-refractivity contribution in [2.24, 2.45) is 0 Å². The molecule has 1 rings (SSSR count). The highest BCUT2D eigenvalue weighted by Crippen LogP contribution is 2.15. The fourth-order valence-corrected chi connectivity index (χ4v) is 1.38. The van der Waals surface area contributed by atoms with Gasteiger partial charge in [0.15, 0.2) is 5.82 Å². The predicted octanol–water partition coefficient (Wildman–Crippen LogP) is 0.133. The zero-order valence-electron chi connectivity index (χ0n) is 11.3. The summed E-state index contributed by atoms with van der Waals surface area (Å²) in [6.07, 6.45) is 0. The van der Waals surface area contributed by atoms with E-state index in [1.165, 1.54) is 0 Å². The van der Waals surface area contributed by atoms with E-state index in [-0.39, 0.29) is 18.5 Å². The van der Waals surface area contributed by atoms with Crippen LogP contribution in [-0.4, -0.2) is 54.8 Å². The third kappa shape index (κ3) is 4.42. The Morgan fingerprint density at radius 2 is 2.33 bits per heavy atom. The lowest BCUT2D eigenvalue weighted by Crippen LogP contribution is -2.37. The second-order valence-corrected chi connectivity index (χ2v) is 4.11. The number of nitrogens with zero attached hydrogens (tertiary/aromatic N) is 3. The van der Waals surface area contributed by atoms with Crippen LogP contribution in [-0.2, 0) is 9.53 Å². The molecule has 18 heavy (non-hydrogen) atoms. The Labute approximate surface area is 106 Å². The molecule has 7 heteroatoms. The second-order valence-electron chi connectivity index (χ2n) is 4.11. The number of aryl methyl sites for hydroxylation is 1. The molecule has 0 aliphatic carbocycles. The first-order valence-electron chi connectivity index (χ1n) is 5.80. The van der Waals surface area contributed by atoms with Crippen LogP contribution in [0.25, 0.3) is 0 Å². The van der Waals surface area contributed by atoms with Gasteiger partial charge in [0.2, 0.25) is 11.8 Å². The highest BCUT2D eigenvalue weighted by Gasteiger charge is 2.19.